The molecular weight excluding hydrogens is 250 g/mol. The van der Waals surface area contributed by atoms with E-state index in [9.17, 15) is 4.79 Å². The van der Waals surface area contributed by atoms with Gasteiger partial charge < -0.3 is 4.74 Å². The third-order valence-electron chi connectivity index (χ3n) is 3.26. The van der Waals surface area contributed by atoms with E-state index in [1.807, 2.05) is 19.1 Å². The molecule has 0 aliphatic carbocycles. The molecule has 0 N–H and O–H groups in total. The van der Waals surface area contributed by atoms with Crippen LogP contribution in [0.25, 0.3) is 0 Å². The second-order valence-corrected chi connectivity index (χ2v) is 5.23. The van der Waals surface area contributed by atoms with Crippen LogP contribution < -0.4 is 0 Å². The Morgan fingerprint density at radius 2 is 2.17 bits per heavy atom. The molecule has 1 heterocycles. The number of halogens is 1. The highest BCUT2D eigenvalue weighted by Gasteiger charge is 2.25. The van der Waals surface area contributed by atoms with Gasteiger partial charge in [-0.2, -0.15) is 0 Å². The van der Waals surface area contributed by atoms with Gasteiger partial charge in [-0.3, -0.25) is 9.69 Å². The minimum atomic E-state index is 0.0709. The Bertz CT molecular complexity index is 436. The highest BCUT2D eigenvalue weighted by Crippen LogP contribution is 2.18. The highest BCUT2D eigenvalue weighted by atomic mass is 35.5. The molecule has 0 saturated carbocycles. The minimum absolute atomic E-state index is 0.0709. The van der Waals surface area contributed by atoms with Crippen LogP contribution in [0.1, 0.15) is 24.2 Å². The van der Waals surface area contributed by atoms with Gasteiger partial charge in [-0.15, -0.1) is 0 Å². The van der Waals surface area contributed by atoms with Gasteiger partial charge in [0, 0.05) is 18.2 Å². The zero-order valence-corrected chi connectivity index (χ0v) is 11.5. The van der Waals surface area contributed by atoms with Crippen LogP contribution in [0.2, 0.25) is 5.02 Å². The van der Waals surface area contributed by atoms with Gasteiger partial charge in [0.25, 0.3) is 0 Å². The zero-order valence-electron chi connectivity index (χ0n) is 10.7. The van der Waals surface area contributed by atoms with E-state index < -0.39 is 0 Å². The van der Waals surface area contributed by atoms with Crippen molar-refractivity contribution in [3.63, 3.8) is 0 Å². The number of hydrogen-bond donors (Lipinski definition) is 0. The number of rotatable bonds is 3. The fourth-order valence-corrected chi connectivity index (χ4v) is 2.39. The van der Waals surface area contributed by atoms with Crippen LogP contribution in [0, 0.1) is 0 Å². The lowest BCUT2D eigenvalue weighted by Crippen LogP contribution is -2.49. The molecule has 1 aliphatic rings. The number of morpholine rings is 1. The van der Waals surface area contributed by atoms with Gasteiger partial charge in [0.15, 0.2) is 5.78 Å². The molecule has 2 rings (SSSR count). The third-order valence-corrected chi connectivity index (χ3v) is 3.59. The van der Waals surface area contributed by atoms with Crippen LogP contribution in [-0.4, -0.2) is 42.5 Å². The Balaban J connectivity index is 2.05. The molecule has 3 nitrogen and oxygen atoms in total. The second kappa shape index (κ2) is 5.83. The maximum Gasteiger partial charge on any atom is 0.178 e. The van der Waals surface area contributed by atoms with Crippen molar-refractivity contribution >= 4 is 17.4 Å². The predicted molar refractivity (Wildman–Crippen MR) is 72.2 cm³/mol. The van der Waals surface area contributed by atoms with E-state index in [0.717, 1.165) is 6.54 Å². The van der Waals surface area contributed by atoms with Gasteiger partial charge in [0.05, 0.1) is 24.3 Å². The van der Waals surface area contributed by atoms with Crippen LogP contribution in [0.4, 0.5) is 0 Å². The number of benzene rings is 1. The Hall–Kier alpha value is -0.900. The molecule has 1 saturated heterocycles. The fourth-order valence-electron chi connectivity index (χ4n) is 2.15. The first-order chi connectivity index (χ1) is 8.58. The van der Waals surface area contributed by atoms with E-state index in [2.05, 4.69) is 11.8 Å². The predicted octanol–water partition coefficient (Wildman–Crippen LogP) is 2.63. The summed E-state index contributed by atoms with van der Waals surface area (Å²) in [6.07, 6.45) is 0.181. The van der Waals surface area contributed by atoms with Crippen molar-refractivity contribution in [2.45, 2.75) is 26.0 Å². The number of carbonyl (C=O) groups excluding carboxylic acids is 1. The second-order valence-electron chi connectivity index (χ2n) is 4.83. The standard InChI is InChI=1S/C14H18ClNO2/c1-10-9-18-11(2)7-16(10)8-14(17)12-5-3-4-6-13(12)15/h3-6,10-11H,7-9H2,1-2H3. The van der Waals surface area contributed by atoms with Crippen LogP contribution >= 0.6 is 11.6 Å². The number of Topliss-reactive ketones (excluding diaryl/α,β-unsaturated/α-hetero) is 1. The summed E-state index contributed by atoms with van der Waals surface area (Å²) in [5, 5.41) is 0.525. The maximum atomic E-state index is 12.2. The summed E-state index contributed by atoms with van der Waals surface area (Å²) >= 11 is 6.04. The molecule has 1 aromatic carbocycles. The van der Waals surface area contributed by atoms with E-state index in [4.69, 9.17) is 16.3 Å². The number of hydrogen-bond acceptors (Lipinski definition) is 3. The number of nitrogens with zero attached hydrogens (tertiary/aromatic N) is 1. The van der Waals surface area contributed by atoms with E-state index in [1.165, 1.54) is 0 Å². The van der Waals surface area contributed by atoms with Crippen molar-refractivity contribution in [2.75, 3.05) is 19.7 Å². The molecule has 1 fully saturated rings. The lowest BCUT2D eigenvalue weighted by Gasteiger charge is -2.36. The summed E-state index contributed by atoms with van der Waals surface area (Å²) in [7, 11) is 0. The Morgan fingerprint density at radius 3 is 2.89 bits per heavy atom. The van der Waals surface area contributed by atoms with Crippen molar-refractivity contribution in [3.05, 3.63) is 34.9 Å². The first-order valence-electron chi connectivity index (χ1n) is 6.21. The van der Waals surface area contributed by atoms with Gasteiger partial charge in [-0.25, -0.2) is 0 Å². The molecule has 98 valence electrons. The first kappa shape index (κ1) is 13.5. The lowest BCUT2D eigenvalue weighted by atomic mass is 10.1. The Morgan fingerprint density at radius 1 is 1.44 bits per heavy atom. The fraction of sp³-hybridized carbons (Fsp3) is 0.500. The quantitative estimate of drug-likeness (QED) is 0.789. The van der Waals surface area contributed by atoms with E-state index in [0.29, 0.717) is 23.7 Å². The SMILES string of the molecule is CC1CN(CC(=O)c2ccccc2Cl)C(C)CO1. The van der Waals surface area contributed by atoms with Crippen LogP contribution in [0.3, 0.4) is 0 Å². The summed E-state index contributed by atoms with van der Waals surface area (Å²) in [6, 6.07) is 7.47. The normalized spacial score (nSPS) is 25.1. The molecule has 0 radical (unpaired) electrons. The molecule has 2 unspecified atom stereocenters. The van der Waals surface area contributed by atoms with Crippen LogP contribution in [-0.2, 0) is 4.74 Å². The number of ether oxygens (including phenoxy) is 1. The van der Waals surface area contributed by atoms with Gasteiger partial charge in [0.2, 0.25) is 0 Å². The van der Waals surface area contributed by atoms with Gasteiger partial charge in [0.1, 0.15) is 0 Å². The van der Waals surface area contributed by atoms with E-state index in [1.54, 1.807) is 12.1 Å². The van der Waals surface area contributed by atoms with Crippen LogP contribution in [0.5, 0.6) is 0 Å². The Labute approximate surface area is 113 Å². The van der Waals surface area contributed by atoms with Crippen molar-refractivity contribution in [1.29, 1.82) is 0 Å². The topological polar surface area (TPSA) is 29.5 Å². The van der Waals surface area contributed by atoms with Crippen molar-refractivity contribution < 1.29 is 9.53 Å². The first-order valence-corrected chi connectivity index (χ1v) is 6.59. The summed E-state index contributed by atoms with van der Waals surface area (Å²) in [6.45, 7) is 5.97. The van der Waals surface area contributed by atoms with Gasteiger partial charge >= 0.3 is 0 Å². The van der Waals surface area contributed by atoms with E-state index in [-0.39, 0.29) is 17.9 Å². The molecule has 0 amide bonds. The lowest BCUT2D eigenvalue weighted by molar-refractivity contribution is -0.0460. The third kappa shape index (κ3) is 3.10. The number of carbonyl (C=O) groups is 1. The smallest absolute Gasteiger partial charge is 0.178 e. The molecule has 0 aromatic heterocycles. The molecule has 0 spiro atoms. The highest BCUT2D eigenvalue weighted by molar-refractivity contribution is 6.34. The largest absolute Gasteiger partial charge is 0.376 e. The number of ketones is 1. The molecule has 1 aromatic rings. The summed E-state index contributed by atoms with van der Waals surface area (Å²) < 4.78 is 5.55. The van der Waals surface area contributed by atoms with E-state index >= 15 is 0 Å². The monoisotopic (exact) mass is 267 g/mol. The van der Waals surface area contributed by atoms with Crippen LogP contribution in [0.15, 0.2) is 24.3 Å². The maximum absolute atomic E-state index is 12.2. The summed E-state index contributed by atoms with van der Waals surface area (Å²) in [5.74, 6) is 0.0709. The molecule has 0 bridgehead atoms. The molecule has 4 heteroatoms. The minimum Gasteiger partial charge on any atom is -0.376 e. The molecule has 2 atom stereocenters. The summed E-state index contributed by atoms with van der Waals surface area (Å²) in [5.41, 5.74) is 0.602. The average molecular weight is 268 g/mol. The molecule has 18 heavy (non-hydrogen) atoms. The molecule has 1 aliphatic heterocycles. The molecular formula is C14H18ClNO2. The van der Waals surface area contributed by atoms with Gasteiger partial charge in [-0.1, -0.05) is 23.7 Å². The van der Waals surface area contributed by atoms with Crippen molar-refractivity contribution in [3.8, 4) is 0 Å². The van der Waals surface area contributed by atoms with Crippen molar-refractivity contribution in [2.24, 2.45) is 0 Å². The average Bonchev–Trinajstić information content (AvgIpc) is 2.34. The zero-order chi connectivity index (χ0) is 13.1. The Kier molecular flexibility index (Phi) is 4.38. The van der Waals surface area contributed by atoms with Crippen molar-refractivity contribution in [1.82, 2.24) is 4.90 Å². The van der Waals surface area contributed by atoms with Gasteiger partial charge in [-0.05, 0) is 26.0 Å². The summed E-state index contributed by atoms with van der Waals surface area (Å²) in [4.78, 5) is 14.4.